The van der Waals surface area contributed by atoms with E-state index in [1.165, 1.54) is 22.0 Å². The molecular formula is C22H25N5O2S. The van der Waals surface area contributed by atoms with Gasteiger partial charge < -0.3 is 15.9 Å². The molecule has 3 aromatic rings. The number of carbonyl (C=O) groups excluding carboxylic acids is 1. The minimum atomic E-state index is -0.0924. The van der Waals surface area contributed by atoms with Gasteiger partial charge in [0.25, 0.3) is 0 Å². The van der Waals surface area contributed by atoms with Crippen LogP contribution in [-0.4, -0.2) is 52.5 Å². The van der Waals surface area contributed by atoms with Crippen LogP contribution in [0.15, 0.2) is 66.0 Å². The van der Waals surface area contributed by atoms with Crippen molar-refractivity contribution in [2.45, 2.75) is 11.7 Å². The predicted octanol–water partition coefficient (Wildman–Crippen LogP) is 2.83. The number of nitrogen functional groups attached to an aromatic ring is 1. The molecule has 2 heterocycles. The fourth-order valence-electron chi connectivity index (χ4n) is 3.27. The number of aromatic nitrogens is 2. The molecule has 0 radical (unpaired) electrons. The fraction of sp³-hybridized carbons (Fsp3) is 0.273. The van der Waals surface area contributed by atoms with Gasteiger partial charge in [0, 0.05) is 30.9 Å². The Balaban J connectivity index is 1.28. The highest BCUT2D eigenvalue weighted by Gasteiger charge is 2.12. The average Bonchev–Trinajstić information content (AvgIpc) is 3.16. The lowest BCUT2D eigenvalue weighted by molar-refractivity contribution is -0.113. The molecule has 1 aliphatic heterocycles. The van der Waals surface area contributed by atoms with Crippen LogP contribution in [0, 0.1) is 0 Å². The Hall–Kier alpha value is -2.81. The number of thioether (sulfide) groups is 1. The van der Waals surface area contributed by atoms with Crippen LogP contribution in [-0.2, 0) is 16.1 Å². The van der Waals surface area contributed by atoms with Crippen molar-refractivity contribution in [2.24, 2.45) is 0 Å². The van der Waals surface area contributed by atoms with Gasteiger partial charge in [-0.15, -0.1) is 0 Å². The first-order valence-corrected chi connectivity index (χ1v) is 10.9. The number of morpholine rings is 1. The lowest BCUT2D eigenvalue weighted by Crippen LogP contribution is -2.35. The standard InChI is InChI=1S/C22H25N5O2S/c23-27-15-20(18-4-2-1-3-5-18)25-22(27)30-16-21(28)24-19-8-6-17(7-9-19)14-26-10-12-29-13-11-26/h1-9,15H,10-14,16,23H2,(H,24,28). The summed E-state index contributed by atoms with van der Waals surface area (Å²) >= 11 is 1.31. The van der Waals surface area contributed by atoms with E-state index in [0.717, 1.165) is 49.8 Å². The maximum Gasteiger partial charge on any atom is 0.234 e. The van der Waals surface area contributed by atoms with Crippen LogP contribution in [0.5, 0.6) is 0 Å². The second-order valence-corrected chi connectivity index (χ2v) is 8.05. The molecule has 0 unspecified atom stereocenters. The molecule has 30 heavy (non-hydrogen) atoms. The van der Waals surface area contributed by atoms with E-state index in [-0.39, 0.29) is 11.7 Å². The molecule has 1 aromatic heterocycles. The van der Waals surface area contributed by atoms with Gasteiger partial charge in [-0.2, -0.15) is 0 Å². The van der Waals surface area contributed by atoms with Crippen molar-refractivity contribution in [3.8, 4) is 11.3 Å². The van der Waals surface area contributed by atoms with Gasteiger partial charge in [-0.1, -0.05) is 54.2 Å². The van der Waals surface area contributed by atoms with Crippen molar-refractivity contribution in [3.63, 3.8) is 0 Å². The molecular weight excluding hydrogens is 398 g/mol. The van der Waals surface area contributed by atoms with Crippen molar-refractivity contribution in [2.75, 3.05) is 43.2 Å². The molecule has 0 bridgehead atoms. The lowest BCUT2D eigenvalue weighted by Gasteiger charge is -2.26. The predicted molar refractivity (Wildman–Crippen MR) is 120 cm³/mol. The van der Waals surface area contributed by atoms with Crippen LogP contribution in [0.2, 0.25) is 0 Å². The lowest BCUT2D eigenvalue weighted by atomic mass is 10.2. The summed E-state index contributed by atoms with van der Waals surface area (Å²) in [4.78, 5) is 19.2. The van der Waals surface area contributed by atoms with Crippen LogP contribution < -0.4 is 11.2 Å². The van der Waals surface area contributed by atoms with Crippen LogP contribution in [0.4, 0.5) is 5.69 Å². The van der Waals surface area contributed by atoms with Gasteiger partial charge in [0.15, 0.2) is 5.16 Å². The Bertz CT molecular complexity index is 969. The van der Waals surface area contributed by atoms with E-state index in [1.54, 1.807) is 6.20 Å². The quantitative estimate of drug-likeness (QED) is 0.449. The number of hydrogen-bond donors (Lipinski definition) is 2. The number of ether oxygens (including phenoxy) is 1. The number of nitrogens with one attached hydrogen (secondary N) is 1. The number of anilines is 1. The topological polar surface area (TPSA) is 85.4 Å². The van der Waals surface area contributed by atoms with E-state index in [1.807, 2.05) is 42.5 Å². The monoisotopic (exact) mass is 423 g/mol. The van der Waals surface area contributed by atoms with Gasteiger partial charge in [0.1, 0.15) is 0 Å². The number of hydrogen-bond acceptors (Lipinski definition) is 6. The molecule has 1 amide bonds. The van der Waals surface area contributed by atoms with Gasteiger partial charge in [0.2, 0.25) is 5.91 Å². The zero-order valence-electron chi connectivity index (χ0n) is 16.7. The van der Waals surface area contributed by atoms with Gasteiger partial charge in [-0.05, 0) is 17.7 Å². The summed E-state index contributed by atoms with van der Waals surface area (Å²) in [5, 5.41) is 3.53. The number of rotatable bonds is 7. The van der Waals surface area contributed by atoms with Crippen LogP contribution in [0.25, 0.3) is 11.3 Å². The smallest absolute Gasteiger partial charge is 0.234 e. The van der Waals surface area contributed by atoms with Gasteiger partial charge in [0.05, 0.1) is 30.9 Å². The second-order valence-electron chi connectivity index (χ2n) is 7.10. The number of amides is 1. The third kappa shape index (κ3) is 5.41. The second kappa shape index (κ2) is 9.80. The van der Waals surface area contributed by atoms with Gasteiger partial charge in [-0.3, -0.25) is 9.69 Å². The molecule has 0 atom stereocenters. The molecule has 1 fully saturated rings. The van der Waals surface area contributed by atoms with Crippen molar-refractivity contribution < 1.29 is 9.53 Å². The third-order valence-electron chi connectivity index (χ3n) is 4.85. The number of nitrogens with two attached hydrogens (primary N) is 1. The molecule has 1 aliphatic rings. The molecule has 2 aromatic carbocycles. The van der Waals surface area contributed by atoms with Crippen LogP contribution in [0.3, 0.4) is 0 Å². The summed E-state index contributed by atoms with van der Waals surface area (Å²) in [6.45, 7) is 4.40. The Kier molecular flexibility index (Phi) is 6.68. The van der Waals surface area contributed by atoms with E-state index in [9.17, 15) is 4.79 Å². The Labute approximate surface area is 180 Å². The van der Waals surface area contributed by atoms with Crippen LogP contribution >= 0.6 is 11.8 Å². The molecule has 156 valence electrons. The molecule has 8 heteroatoms. The normalized spacial score (nSPS) is 14.5. The average molecular weight is 424 g/mol. The minimum Gasteiger partial charge on any atom is -0.379 e. The van der Waals surface area contributed by atoms with Crippen molar-refractivity contribution in [1.82, 2.24) is 14.6 Å². The van der Waals surface area contributed by atoms with E-state index in [2.05, 4.69) is 27.3 Å². The minimum absolute atomic E-state index is 0.0924. The Morgan fingerprint density at radius 3 is 2.57 bits per heavy atom. The number of nitrogens with zero attached hydrogens (tertiary/aromatic N) is 3. The maximum absolute atomic E-state index is 12.3. The maximum atomic E-state index is 12.3. The van der Waals surface area contributed by atoms with Gasteiger partial charge in [-0.25, -0.2) is 9.66 Å². The van der Waals surface area contributed by atoms with E-state index in [0.29, 0.717) is 5.16 Å². The summed E-state index contributed by atoms with van der Waals surface area (Å²) < 4.78 is 6.84. The van der Waals surface area contributed by atoms with Crippen molar-refractivity contribution in [3.05, 3.63) is 66.4 Å². The van der Waals surface area contributed by atoms with Gasteiger partial charge >= 0.3 is 0 Å². The summed E-state index contributed by atoms with van der Waals surface area (Å²) in [7, 11) is 0. The zero-order valence-corrected chi connectivity index (χ0v) is 17.5. The number of benzene rings is 2. The Morgan fingerprint density at radius 2 is 1.83 bits per heavy atom. The molecule has 7 nitrogen and oxygen atoms in total. The largest absolute Gasteiger partial charge is 0.379 e. The molecule has 4 rings (SSSR count). The number of imidazole rings is 1. The Morgan fingerprint density at radius 1 is 1.10 bits per heavy atom. The van der Waals surface area contributed by atoms with E-state index in [4.69, 9.17) is 10.6 Å². The third-order valence-corrected chi connectivity index (χ3v) is 5.81. The highest BCUT2D eigenvalue weighted by molar-refractivity contribution is 7.99. The first-order valence-electron chi connectivity index (χ1n) is 9.89. The first kappa shape index (κ1) is 20.5. The fourth-order valence-corrected chi connectivity index (χ4v) is 3.97. The van der Waals surface area contributed by atoms with E-state index >= 15 is 0 Å². The molecule has 1 saturated heterocycles. The summed E-state index contributed by atoms with van der Waals surface area (Å²) in [5.74, 6) is 6.14. The summed E-state index contributed by atoms with van der Waals surface area (Å²) in [6.07, 6.45) is 1.77. The van der Waals surface area contributed by atoms with Crippen molar-refractivity contribution >= 4 is 23.4 Å². The molecule has 0 aliphatic carbocycles. The van der Waals surface area contributed by atoms with E-state index < -0.39 is 0 Å². The SMILES string of the molecule is Nn1cc(-c2ccccc2)nc1SCC(=O)Nc1ccc(CN2CCOCC2)cc1. The van der Waals surface area contributed by atoms with Crippen LogP contribution in [0.1, 0.15) is 5.56 Å². The molecule has 3 N–H and O–H groups in total. The first-order chi connectivity index (χ1) is 14.7. The highest BCUT2D eigenvalue weighted by atomic mass is 32.2. The number of carbonyl (C=O) groups is 1. The summed E-state index contributed by atoms with van der Waals surface area (Å²) in [5.41, 5.74) is 3.79. The molecule has 0 saturated carbocycles. The molecule has 0 spiro atoms. The van der Waals surface area contributed by atoms with Crippen molar-refractivity contribution in [1.29, 1.82) is 0 Å². The summed E-state index contributed by atoms with van der Waals surface area (Å²) in [6, 6.07) is 17.8. The zero-order chi connectivity index (χ0) is 20.8. The highest BCUT2D eigenvalue weighted by Crippen LogP contribution is 2.23.